The van der Waals surface area contributed by atoms with Crippen LogP contribution in [0.2, 0.25) is 0 Å². The minimum atomic E-state index is -1.10. The summed E-state index contributed by atoms with van der Waals surface area (Å²) < 4.78 is 15.8. The highest BCUT2D eigenvalue weighted by Gasteiger charge is 2.43. The second kappa shape index (κ2) is 11.5. The smallest absolute Gasteiger partial charge is 0.207 e. The van der Waals surface area contributed by atoms with Gasteiger partial charge in [0.15, 0.2) is 0 Å². The van der Waals surface area contributed by atoms with E-state index in [2.05, 4.69) is 55.0 Å². The Morgan fingerprint density at radius 1 is 1.33 bits per heavy atom. The Kier molecular flexibility index (Phi) is 9.00. The molecule has 2 heterocycles. The quantitative estimate of drug-likeness (QED) is 0.111. The molecule has 1 unspecified atom stereocenters. The summed E-state index contributed by atoms with van der Waals surface area (Å²) in [4.78, 5) is 14.3. The Hall–Kier alpha value is -1.85. The van der Waals surface area contributed by atoms with Crippen molar-refractivity contribution in [3.8, 4) is 11.4 Å². The van der Waals surface area contributed by atoms with E-state index >= 15 is 0 Å². The van der Waals surface area contributed by atoms with E-state index in [1.807, 2.05) is 16.7 Å². The van der Waals surface area contributed by atoms with E-state index in [-0.39, 0.29) is 18.7 Å². The summed E-state index contributed by atoms with van der Waals surface area (Å²) in [5.41, 5.74) is 2.48. The third kappa shape index (κ3) is 7.07. The second-order valence-corrected chi connectivity index (χ2v) is 10.4. The Balaban J connectivity index is 0.000000323. The number of alkyl halides is 1. The molecule has 5 N–H and O–H groups in total. The highest BCUT2D eigenvalue weighted by Crippen LogP contribution is 2.40. The largest absolute Gasteiger partial charge is 0.394 e. The normalized spacial score (nSPS) is 17.1. The summed E-state index contributed by atoms with van der Waals surface area (Å²) in [6.45, 7) is 3.31. The fourth-order valence-electron chi connectivity index (χ4n) is 3.05. The number of halogens is 2. The van der Waals surface area contributed by atoms with Crippen LogP contribution in [0.3, 0.4) is 0 Å². The van der Waals surface area contributed by atoms with Crippen LogP contribution in [0, 0.1) is 5.41 Å². The van der Waals surface area contributed by atoms with E-state index in [9.17, 15) is 9.18 Å². The fraction of sp³-hybridized carbons (Fsp3) is 0.524. The van der Waals surface area contributed by atoms with Crippen LogP contribution < -0.4 is 16.0 Å². The predicted molar refractivity (Wildman–Crippen MR) is 140 cm³/mol. The number of carbonyl (C=O) groups excluding carboxylic acids is 1. The molecular formula is C21H30FIN7O2P. The highest BCUT2D eigenvalue weighted by atomic mass is 127. The Morgan fingerprint density at radius 2 is 2.09 bits per heavy atom. The van der Waals surface area contributed by atoms with Crippen molar-refractivity contribution in [3.05, 3.63) is 24.0 Å². The van der Waals surface area contributed by atoms with Crippen LogP contribution in [0.1, 0.15) is 44.6 Å². The number of aliphatic hydroxyl groups excluding tert-OH is 1. The average Bonchev–Trinajstić information content (AvgIpc) is 3.74. The first-order chi connectivity index (χ1) is 15.9. The third-order valence-corrected chi connectivity index (χ3v) is 7.49. The lowest BCUT2D eigenvalue weighted by molar-refractivity contribution is -0.110. The Labute approximate surface area is 207 Å². The number of nitrogens with one attached hydrogen (secondary N) is 4. The molecule has 2 aromatic heterocycles. The van der Waals surface area contributed by atoms with Crippen LogP contribution in [0.4, 0.5) is 15.8 Å². The van der Waals surface area contributed by atoms with E-state index in [0.717, 1.165) is 42.9 Å². The van der Waals surface area contributed by atoms with E-state index in [4.69, 9.17) is 10.5 Å². The van der Waals surface area contributed by atoms with Gasteiger partial charge in [-0.2, -0.15) is 5.10 Å². The van der Waals surface area contributed by atoms with Crippen molar-refractivity contribution in [1.29, 1.82) is 5.41 Å². The molecule has 1 atom stereocenters. The van der Waals surface area contributed by atoms with Gasteiger partial charge in [0.2, 0.25) is 6.41 Å². The van der Waals surface area contributed by atoms with Crippen molar-refractivity contribution in [2.75, 3.05) is 30.3 Å². The molecule has 1 amide bonds. The van der Waals surface area contributed by atoms with Gasteiger partial charge in [0.1, 0.15) is 11.4 Å². The van der Waals surface area contributed by atoms with Gasteiger partial charge in [-0.25, -0.2) is 8.84 Å². The molecule has 2 aliphatic carbocycles. The topological polar surface area (TPSA) is 128 Å². The van der Waals surface area contributed by atoms with Crippen molar-refractivity contribution < 1.29 is 14.3 Å². The van der Waals surface area contributed by atoms with Crippen LogP contribution in [0.5, 0.6) is 0 Å². The summed E-state index contributed by atoms with van der Waals surface area (Å²) in [7, 11) is 0. The maximum Gasteiger partial charge on any atom is 0.207 e. The van der Waals surface area contributed by atoms with Gasteiger partial charge in [0.25, 0.3) is 0 Å². The zero-order chi connectivity index (χ0) is 23.9. The Bertz CT molecular complexity index is 966. The molecule has 0 saturated heterocycles. The molecule has 0 aliphatic heterocycles. The van der Waals surface area contributed by atoms with E-state index in [1.165, 1.54) is 6.21 Å². The number of pyridine rings is 1. The predicted octanol–water partition coefficient (Wildman–Crippen LogP) is 3.73. The lowest BCUT2D eigenvalue weighted by Gasteiger charge is -2.13. The maximum absolute atomic E-state index is 13.9. The third-order valence-electron chi connectivity index (χ3n) is 5.61. The standard InChI is InChI=1S/C16H21FIN6P.C5H9NO2/c1-2-5-20-14-9-24(25-18)23-15(14)13-6-12(11(7-19)8-21-13)22-10-16(17)3-4-16;7-3-5(1-2-5)6-4-8/h6-9,19-20,25H,2-5,10H2,1H3,(H,21,22);4,7H,1-3H2,(H,6,8). The van der Waals surface area contributed by atoms with Gasteiger partial charge in [0, 0.05) is 36.8 Å². The molecule has 2 aliphatic rings. The van der Waals surface area contributed by atoms with Gasteiger partial charge in [-0.1, -0.05) is 6.92 Å². The van der Waals surface area contributed by atoms with Crippen molar-refractivity contribution >= 4 is 52.4 Å². The molecule has 0 spiro atoms. The fourth-order valence-corrected chi connectivity index (χ4v) is 4.11. The molecule has 9 nitrogen and oxygen atoms in total. The van der Waals surface area contributed by atoms with Crippen molar-refractivity contribution in [1.82, 2.24) is 19.9 Å². The number of anilines is 2. The minimum Gasteiger partial charge on any atom is -0.394 e. The molecule has 2 fully saturated rings. The molecule has 0 radical (unpaired) electrons. The van der Waals surface area contributed by atoms with Crippen LogP contribution in [0.25, 0.3) is 11.4 Å². The molecule has 2 saturated carbocycles. The van der Waals surface area contributed by atoms with Gasteiger partial charge in [-0.3, -0.25) is 9.78 Å². The van der Waals surface area contributed by atoms with E-state index in [1.54, 1.807) is 6.20 Å². The summed E-state index contributed by atoms with van der Waals surface area (Å²) >= 11 is 2.28. The van der Waals surface area contributed by atoms with Crippen LogP contribution in [0.15, 0.2) is 18.5 Å². The number of aromatic nitrogens is 3. The van der Waals surface area contributed by atoms with Gasteiger partial charge < -0.3 is 26.5 Å². The first-order valence-corrected chi connectivity index (χ1v) is 14.9. The Morgan fingerprint density at radius 3 is 2.61 bits per heavy atom. The van der Waals surface area contributed by atoms with Gasteiger partial charge in [0.05, 0.1) is 36.1 Å². The molecule has 0 bridgehead atoms. The molecular weight excluding hydrogens is 559 g/mol. The minimum absolute atomic E-state index is 0.0751. The van der Waals surface area contributed by atoms with Gasteiger partial charge in [-0.15, -0.1) is 0 Å². The molecule has 180 valence electrons. The SMILES string of the molecule is CCCNc1cn(PI)nc1-c1cc(NCC2(F)CC2)c(C=N)cn1.O=CNC1(CO)CC1. The monoisotopic (exact) mass is 589 g/mol. The number of nitrogens with zero attached hydrogens (tertiary/aromatic N) is 3. The molecule has 33 heavy (non-hydrogen) atoms. The summed E-state index contributed by atoms with van der Waals surface area (Å²) in [6.07, 6.45) is 10.1. The molecule has 2 aromatic rings. The van der Waals surface area contributed by atoms with E-state index < -0.39 is 5.67 Å². The van der Waals surface area contributed by atoms with Crippen LogP contribution >= 0.6 is 28.4 Å². The summed E-state index contributed by atoms with van der Waals surface area (Å²) in [6, 6.07) is 1.85. The first-order valence-electron chi connectivity index (χ1n) is 10.9. The van der Waals surface area contributed by atoms with Crippen LogP contribution in [-0.4, -0.2) is 63.2 Å². The number of hydrogen-bond acceptors (Lipinski definition) is 7. The lowest BCUT2D eigenvalue weighted by atomic mass is 10.1. The first kappa shape index (κ1) is 25.8. The number of aliphatic hydroxyl groups is 1. The average molecular weight is 589 g/mol. The van der Waals surface area contributed by atoms with E-state index in [0.29, 0.717) is 36.9 Å². The lowest BCUT2D eigenvalue weighted by Crippen LogP contribution is -2.33. The molecule has 12 heteroatoms. The molecule has 4 rings (SSSR count). The highest BCUT2D eigenvalue weighted by molar-refractivity contribution is 14.2. The molecule has 0 aromatic carbocycles. The zero-order valence-corrected chi connectivity index (χ0v) is 21.7. The van der Waals surface area contributed by atoms with Crippen molar-refractivity contribution in [2.24, 2.45) is 0 Å². The second-order valence-electron chi connectivity index (χ2n) is 8.35. The van der Waals surface area contributed by atoms with Crippen molar-refractivity contribution in [2.45, 2.75) is 50.2 Å². The number of rotatable bonds is 12. The van der Waals surface area contributed by atoms with Gasteiger partial charge >= 0.3 is 0 Å². The maximum atomic E-state index is 13.9. The number of hydrogen-bond donors (Lipinski definition) is 5. The van der Waals surface area contributed by atoms with Gasteiger partial charge in [-0.05, 0) is 60.2 Å². The number of carbonyl (C=O) groups is 1. The summed E-state index contributed by atoms with van der Waals surface area (Å²) in [5, 5.41) is 29.8. The number of amides is 1. The zero-order valence-electron chi connectivity index (χ0n) is 18.5. The van der Waals surface area contributed by atoms with Crippen LogP contribution in [-0.2, 0) is 4.79 Å². The summed E-state index contributed by atoms with van der Waals surface area (Å²) in [5.74, 6) is 0. The van der Waals surface area contributed by atoms with Crippen molar-refractivity contribution in [3.63, 3.8) is 0 Å².